The van der Waals surface area contributed by atoms with E-state index in [-0.39, 0.29) is 0 Å². The first kappa shape index (κ1) is 21.4. The van der Waals surface area contributed by atoms with Crippen LogP contribution in [0.5, 0.6) is 0 Å². The molecule has 29 heavy (non-hydrogen) atoms. The third-order valence-electron chi connectivity index (χ3n) is 4.90. The predicted molar refractivity (Wildman–Crippen MR) is 114 cm³/mol. The first-order chi connectivity index (χ1) is 13.9. The molecule has 0 aromatic heterocycles. The van der Waals surface area contributed by atoms with E-state index in [1.807, 2.05) is 95.9 Å². The number of hydrogen-bond donors (Lipinski definition) is 3. The Bertz CT molecular complexity index is 874. The van der Waals surface area contributed by atoms with Crippen LogP contribution in [0.25, 0.3) is 0 Å². The molecule has 3 N–H and O–H groups in total. The van der Waals surface area contributed by atoms with Gasteiger partial charge in [-0.25, -0.2) is 0 Å². The minimum Gasteiger partial charge on any atom is -0.379 e. The number of aliphatic hydroxyl groups excluding tert-OH is 1. The van der Waals surface area contributed by atoms with Crippen LogP contribution < -0.4 is 0 Å². The Kier molecular flexibility index (Phi) is 7.37. The number of aliphatic hydroxyl groups is 1. The van der Waals surface area contributed by atoms with Gasteiger partial charge >= 0.3 is 7.60 Å². The summed E-state index contributed by atoms with van der Waals surface area (Å²) in [6, 6.07) is 28.2. The maximum absolute atomic E-state index is 12.0. The van der Waals surface area contributed by atoms with Crippen LogP contribution in [0.3, 0.4) is 0 Å². The summed E-state index contributed by atoms with van der Waals surface area (Å²) in [5.74, 6) is -1.78. The normalized spacial score (nSPS) is 13.9. The van der Waals surface area contributed by atoms with Crippen molar-refractivity contribution in [3.05, 3.63) is 108 Å². The average molecular weight is 411 g/mol. The lowest BCUT2D eigenvalue weighted by Crippen LogP contribution is -2.44. The summed E-state index contributed by atoms with van der Waals surface area (Å²) < 4.78 is 12.0. The van der Waals surface area contributed by atoms with Gasteiger partial charge in [0.05, 0.1) is 6.04 Å². The Morgan fingerprint density at radius 1 is 0.690 bits per heavy atom. The first-order valence-corrected chi connectivity index (χ1v) is 11.2. The fraction of sp³-hybridized carbons (Fsp3) is 0.217. The Morgan fingerprint density at radius 3 is 1.45 bits per heavy atom. The molecule has 0 saturated carbocycles. The minimum absolute atomic E-state index is 0.326. The van der Waals surface area contributed by atoms with E-state index in [4.69, 9.17) is 0 Å². The standard InChI is InChI=1S/C23H26NO4P/c25-23(29(26,27)28)22(16-19-10-4-1-5-11-19)24(17-20-12-6-2-7-13-20)18-21-14-8-3-9-15-21/h1-15,22-23,25H,16-18H2,(H2,26,27,28)/t22-,23+/m0/s1. The summed E-state index contributed by atoms with van der Waals surface area (Å²) in [5.41, 5.74) is 2.94. The van der Waals surface area contributed by atoms with Gasteiger partial charge < -0.3 is 14.9 Å². The maximum atomic E-state index is 12.0. The molecule has 152 valence electrons. The topological polar surface area (TPSA) is 81.0 Å². The summed E-state index contributed by atoms with van der Waals surface area (Å²) >= 11 is 0. The van der Waals surface area contributed by atoms with Crippen molar-refractivity contribution in [2.45, 2.75) is 31.4 Å². The highest BCUT2D eigenvalue weighted by Gasteiger charge is 2.38. The molecule has 5 nitrogen and oxygen atoms in total. The number of hydrogen-bond acceptors (Lipinski definition) is 3. The fourth-order valence-electron chi connectivity index (χ4n) is 3.43. The molecule has 0 aliphatic rings. The molecule has 2 atom stereocenters. The molecule has 0 unspecified atom stereocenters. The van der Waals surface area contributed by atoms with Crippen molar-refractivity contribution in [2.75, 3.05) is 0 Å². The molecule has 0 saturated heterocycles. The molecule has 0 aliphatic carbocycles. The first-order valence-electron chi connectivity index (χ1n) is 9.52. The smallest absolute Gasteiger partial charge is 0.355 e. The molecule has 0 fully saturated rings. The van der Waals surface area contributed by atoms with Crippen molar-refractivity contribution in [1.29, 1.82) is 0 Å². The second-order valence-electron chi connectivity index (χ2n) is 7.14. The third-order valence-corrected chi connectivity index (χ3v) is 5.94. The second-order valence-corrected chi connectivity index (χ2v) is 8.84. The Hall–Kier alpha value is -2.27. The van der Waals surface area contributed by atoms with Gasteiger partial charge in [-0.2, -0.15) is 0 Å². The molecule has 3 aromatic rings. The van der Waals surface area contributed by atoms with Gasteiger partial charge in [-0.05, 0) is 23.1 Å². The maximum Gasteiger partial charge on any atom is 0.355 e. The van der Waals surface area contributed by atoms with Crippen molar-refractivity contribution >= 4 is 7.60 Å². The summed E-state index contributed by atoms with van der Waals surface area (Å²) in [7, 11) is -4.70. The molecular formula is C23H26NO4P. The second kappa shape index (κ2) is 9.97. The number of rotatable bonds is 9. The van der Waals surface area contributed by atoms with Crippen molar-refractivity contribution in [3.63, 3.8) is 0 Å². The van der Waals surface area contributed by atoms with Crippen molar-refractivity contribution < 1.29 is 19.5 Å². The van der Waals surface area contributed by atoms with Gasteiger partial charge in [0.1, 0.15) is 0 Å². The predicted octanol–water partition coefficient (Wildman–Crippen LogP) is 3.80. The minimum atomic E-state index is -4.70. The molecule has 3 aromatic carbocycles. The van der Waals surface area contributed by atoms with Gasteiger partial charge in [-0.15, -0.1) is 0 Å². The van der Waals surface area contributed by atoms with Crippen LogP contribution in [-0.2, 0) is 24.1 Å². The van der Waals surface area contributed by atoms with Crippen LogP contribution in [0, 0.1) is 0 Å². The van der Waals surface area contributed by atoms with E-state index in [9.17, 15) is 19.5 Å². The van der Waals surface area contributed by atoms with Gasteiger partial charge in [0, 0.05) is 13.1 Å². The van der Waals surface area contributed by atoms with Gasteiger partial charge in [0.2, 0.25) is 0 Å². The Balaban J connectivity index is 1.96. The average Bonchev–Trinajstić information content (AvgIpc) is 2.73. The molecule has 0 amide bonds. The third kappa shape index (κ3) is 6.36. The highest BCUT2D eigenvalue weighted by Crippen LogP contribution is 2.43. The largest absolute Gasteiger partial charge is 0.379 e. The van der Waals surface area contributed by atoms with E-state index in [1.54, 1.807) is 0 Å². The van der Waals surface area contributed by atoms with E-state index in [1.165, 1.54) is 0 Å². The molecule has 6 heteroatoms. The lowest BCUT2D eigenvalue weighted by atomic mass is 10.0. The molecule has 0 radical (unpaired) electrons. The zero-order valence-electron chi connectivity index (χ0n) is 16.1. The van der Waals surface area contributed by atoms with E-state index in [0.717, 1.165) is 16.7 Å². The Labute approximate surface area is 171 Å². The van der Waals surface area contributed by atoms with Crippen LogP contribution in [0.4, 0.5) is 0 Å². The fourth-order valence-corrected chi connectivity index (χ4v) is 4.17. The molecule has 0 heterocycles. The van der Waals surface area contributed by atoms with Gasteiger partial charge in [0.25, 0.3) is 0 Å². The van der Waals surface area contributed by atoms with Gasteiger partial charge in [0.15, 0.2) is 5.85 Å². The van der Waals surface area contributed by atoms with Crippen LogP contribution >= 0.6 is 7.60 Å². The van der Waals surface area contributed by atoms with Crippen LogP contribution in [-0.4, -0.2) is 31.7 Å². The van der Waals surface area contributed by atoms with Crippen molar-refractivity contribution in [2.24, 2.45) is 0 Å². The molecule has 0 bridgehead atoms. The van der Waals surface area contributed by atoms with Crippen LogP contribution in [0.15, 0.2) is 91.0 Å². The number of nitrogens with zero attached hydrogens (tertiary/aromatic N) is 1. The Morgan fingerprint density at radius 2 is 1.07 bits per heavy atom. The highest BCUT2D eigenvalue weighted by atomic mass is 31.2. The van der Waals surface area contributed by atoms with E-state index in [0.29, 0.717) is 19.5 Å². The summed E-state index contributed by atoms with van der Waals surface area (Å²) in [5, 5.41) is 10.6. The molecule has 3 rings (SSSR count). The van der Waals surface area contributed by atoms with E-state index < -0.39 is 19.5 Å². The van der Waals surface area contributed by atoms with Gasteiger partial charge in [-0.3, -0.25) is 9.46 Å². The molecule has 0 aliphatic heterocycles. The monoisotopic (exact) mass is 411 g/mol. The zero-order valence-corrected chi connectivity index (χ0v) is 17.0. The van der Waals surface area contributed by atoms with Gasteiger partial charge in [-0.1, -0.05) is 91.0 Å². The number of benzene rings is 3. The van der Waals surface area contributed by atoms with Crippen molar-refractivity contribution in [3.8, 4) is 0 Å². The lowest BCUT2D eigenvalue weighted by Gasteiger charge is -2.35. The molecular weight excluding hydrogens is 385 g/mol. The van der Waals surface area contributed by atoms with E-state index in [2.05, 4.69) is 0 Å². The SMILES string of the molecule is O=P(O)(O)[C@@H](O)[C@H](Cc1ccccc1)N(Cc1ccccc1)Cc1ccccc1. The summed E-state index contributed by atoms with van der Waals surface area (Å²) in [6.07, 6.45) is 0.326. The van der Waals surface area contributed by atoms with Crippen LogP contribution in [0.2, 0.25) is 0 Å². The zero-order chi connectivity index (χ0) is 20.7. The quantitative estimate of drug-likeness (QED) is 0.467. The summed E-state index contributed by atoms with van der Waals surface area (Å²) in [6.45, 7) is 0.925. The summed E-state index contributed by atoms with van der Waals surface area (Å²) in [4.78, 5) is 21.4. The van der Waals surface area contributed by atoms with Crippen LogP contribution in [0.1, 0.15) is 16.7 Å². The highest BCUT2D eigenvalue weighted by molar-refractivity contribution is 7.52. The van der Waals surface area contributed by atoms with E-state index >= 15 is 0 Å². The van der Waals surface area contributed by atoms with Crippen molar-refractivity contribution in [1.82, 2.24) is 4.90 Å². The lowest BCUT2D eigenvalue weighted by molar-refractivity contribution is 0.0685. The molecule has 0 spiro atoms.